The number of benzene rings is 1. The van der Waals surface area contributed by atoms with Gasteiger partial charge >= 0.3 is 5.97 Å². The fraction of sp³-hybridized carbons (Fsp3) is 0.417. The summed E-state index contributed by atoms with van der Waals surface area (Å²) in [5.41, 5.74) is 1.45. The molecule has 1 N–H and O–H groups in total. The summed E-state index contributed by atoms with van der Waals surface area (Å²) in [6.07, 6.45) is 0.826. The molecule has 0 saturated heterocycles. The largest absolute Gasteiger partial charge is 0.480 e. The molecule has 0 unspecified atom stereocenters. The van der Waals surface area contributed by atoms with E-state index in [9.17, 15) is 26.7 Å². The van der Waals surface area contributed by atoms with Crippen molar-refractivity contribution in [1.29, 1.82) is 0 Å². The Morgan fingerprint density at radius 3 is 2.33 bits per heavy atom. The van der Waals surface area contributed by atoms with E-state index >= 15 is 0 Å². The van der Waals surface area contributed by atoms with E-state index in [-0.39, 0.29) is 13.0 Å². The number of carboxylic acid groups (broad SMARTS) is 1. The van der Waals surface area contributed by atoms with E-state index in [4.69, 9.17) is 0 Å². The molecule has 116 valence electrons. The van der Waals surface area contributed by atoms with Gasteiger partial charge in [-0.15, -0.1) is 0 Å². The van der Waals surface area contributed by atoms with Gasteiger partial charge in [0.05, 0.1) is 0 Å². The second-order valence-electron chi connectivity index (χ2n) is 5.03. The molecule has 9 heteroatoms. The lowest BCUT2D eigenvalue weighted by atomic mass is 9.96. The maximum Gasteiger partial charge on any atom is 0.322 e. The molecule has 1 aromatic carbocycles. The fourth-order valence-electron chi connectivity index (χ4n) is 2.34. The van der Waals surface area contributed by atoms with E-state index in [2.05, 4.69) is 0 Å². The average Bonchev–Trinajstić information content (AvgIpc) is 2.34. The number of fused-ring (bicyclic) bond motifs is 1. The average molecular weight is 333 g/mol. The van der Waals surface area contributed by atoms with Gasteiger partial charge in [0.25, 0.3) is 0 Å². The van der Waals surface area contributed by atoms with Crippen LogP contribution in [0.5, 0.6) is 0 Å². The SMILES string of the molecule is CS(=O)(=O)CS(=O)(=O)N1Cc2ccccc2C[C@H]1C(=O)O. The molecule has 0 amide bonds. The molecule has 21 heavy (non-hydrogen) atoms. The number of nitrogens with zero attached hydrogens (tertiary/aromatic N) is 1. The summed E-state index contributed by atoms with van der Waals surface area (Å²) in [5.74, 6) is -1.29. The zero-order valence-electron chi connectivity index (χ0n) is 11.3. The molecule has 1 aromatic rings. The maximum atomic E-state index is 12.2. The molecule has 1 heterocycles. The summed E-state index contributed by atoms with van der Waals surface area (Å²) < 4.78 is 47.7. The molecule has 0 spiro atoms. The number of hydrogen-bond acceptors (Lipinski definition) is 5. The van der Waals surface area contributed by atoms with Crippen LogP contribution in [0.2, 0.25) is 0 Å². The first-order valence-corrected chi connectivity index (χ1v) is 9.74. The van der Waals surface area contributed by atoms with E-state index in [1.807, 2.05) is 0 Å². The standard InChI is InChI=1S/C12H15NO6S2/c1-20(16,17)8-21(18,19)13-7-10-5-3-2-4-9(10)6-11(13)12(14)15/h2-5,11H,6-8H2,1H3,(H,14,15)/t11-/m0/s1. The lowest BCUT2D eigenvalue weighted by Gasteiger charge is -2.33. The number of sulfone groups is 1. The highest BCUT2D eigenvalue weighted by Gasteiger charge is 2.40. The van der Waals surface area contributed by atoms with Crippen molar-refractivity contribution >= 4 is 25.8 Å². The molecule has 0 aliphatic carbocycles. The van der Waals surface area contributed by atoms with Crippen molar-refractivity contribution in [2.75, 3.05) is 11.3 Å². The molecule has 1 aliphatic rings. The Morgan fingerprint density at radius 2 is 1.81 bits per heavy atom. The van der Waals surface area contributed by atoms with Gasteiger partial charge in [-0.3, -0.25) is 4.79 Å². The molecular weight excluding hydrogens is 318 g/mol. The highest BCUT2D eigenvalue weighted by molar-refractivity contribution is 8.06. The van der Waals surface area contributed by atoms with Crippen LogP contribution in [0.1, 0.15) is 11.1 Å². The quantitative estimate of drug-likeness (QED) is 0.819. The molecule has 0 radical (unpaired) electrons. The Kier molecular flexibility index (Phi) is 4.09. The molecule has 0 saturated carbocycles. The predicted molar refractivity (Wildman–Crippen MR) is 75.7 cm³/mol. The summed E-state index contributed by atoms with van der Waals surface area (Å²) in [7, 11) is -7.99. The Morgan fingerprint density at radius 1 is 1.24 bits per heavy atom. The molecule has 2 rings (SSSR count). The van der Waals surface area contributed by atoms with Crippen molar-refractivity contribution in [2.45, 2.75) is 19.0 Å². The number of carbonyl (C=O) groups is 1. The first-order chi connectivity index (χ1) is 9.60. The van der Waals surface area contributed by atoms with E-state index in [1.165, 1.54) is 0 Å². The maximum absolute atomic E-state index is 12.2. The van der Waals surface area contributed by atoms with E-state index in [0.717, 1.165) is 16.1 Å². The number of aliphatic carboxylic acids is 1. The van der Waals surface area contributed by atoms with E-state index in [0.29, 0.717) is 5.56 Å². The van der Waals surface area contributed by atoms with E-state index < -0.39 is 37.0 Å². The lowest BCUT2D eigenvalue weighted by molar-refractivity contribution is -0.141. The van der Waals surface area contributed by atoms with Crippen molar-refractivity contribution in [1.82, 2.24) is 4.31 Å². The minimum atomic E-state index is -4.21. The molecule has 7 nitrogen and oxygen atoms in total. The highest BCUT2D eigenvalue weighted by Crippen LogP contribution is 2.26. The zero-order valence-corrected chi connectivity index (χ0v) is 12.9. The van der Waals surface area contributed by atoms with Crippen LogP contribution in [-0.4, -0.2) is 49.6 Å². The lowest BCUT2D eigenvalue weighted by Crippen LogP contribution is -2.49. The van der Waals surface area contributed by atoms with Gasteiger partial charge in [-0.05, 0) is 11.1 Å². The molecule has 1 aliphatic heterocycles. The Hall–Kier alpha value is -1.45. The third kappa shape index (κ3) is 3.60. The number of carboxylic acids is 1. The van der Waals surface area contributed by atoms with Crippen molar-refractivity contribution in [3.8, 4) is 0 Å². The first-order valence-electron chi connectivity index (χ1n) is 6.07. The van der Waals surface area contributed by atoms with Gasteiger partial charge in [0.2, 0.25) is 10.0 Å². The minimum Gasteiger partial charge on any atom is -0.480 e. The van der Waals surface area contributed by atoms with Gasteiger partial charge in [-0.25, -0.2) is 16.8 Å². The zero-order chi connectivity index (χ0) is 15.8. The summed E-state index contributed by atoms with van der Waals surface area (Å²) >= 11 is 0. The summed E-state index contributed by atoms with van der Waals surface area (Å²) in [4.78, 5) is 11.3. The van der Waals surface area contributed by atoms with Gasteiger partial charge in [0, 0.05) is 19.2 Å². The van der Waals surface area contributed by atoms with Crippen LogP contribution in [0.4, 0.5) is 0 Å². The van der Waals surface area contributed by atoms with Gasteiger partial charge in [-0.2, -0.15) is 4.31 Å². The van der Waals surface area contributed by atoms with Crippen molar-refractivity contribution in [3.05, 3.63) is 35.4 Å². The van der Waals surface area contributed by atoms with Crippen LogP contribution < -0.4 is 0 Å². The number of rotatable bonds is 4. The normalized spacial score (nSPS) is 20.0. The predicted octanol–water partition coefficient (Wildman–Crippen LogP) is -0.170. The second-order valence-corrected chi connectivity index (χ2v) is 9.45. The van der Waals surface area contributed by atoms with Gasteiger partial charge < -0.3 is 5.11 Å². The number of sulfonamides is 1. The minimum absolute atomic E-state index is 0.0223. The van der Waals surface area contributed by atoms with Crippen LogP contribution in [-0.2, 0) is 37.6 Å². The van der Waals surface area contributed by atoms with Crippen LogP contribution in [0.15, 0.2) is 24.3 Å². The summed E-state index contributed by atoms with van der Waals surface area (Å²) in [6, 6.07) is 5.63. The van der Waals surface area contributed by atoms with Crippen LogP contribution in [0, 0.1) is 0 Å². The monoisotopic (exact) mass is 333 g/mol. The summed E-state index contributed by atoms with van der Waals surface area (Å²) in [6.45, 7) is -0.134. The third-order valence-electron chi connectivity index (χ3n) is 3.21. The van der Waals surface area contributed by atoms with Crippen molar-refractivity contribution < 1.29 is 26.7 Å². The summed E-state index contributed by atoms with van der Waals surface area (Å²) in [5, 5.41) is 8.15. The highest BCUT2D eigenvalue weighted by atomic mass is 32.3. The molecule has 0 bridgehead atoms. The molecule has 1 atom stereocenters. The van der Waals surface area contributed by atoms with Crippen LogP contribution >= 0.6 is 0 Å². The van der Waals surface area contributed by atoms with Crippen molar-refractivity contribution in [3.63, 3.8) is 0 Å². The fourth-order valence-corrected chi connectivity index (χ4v) is 5.93. The van der Waals surface area contributed by atoms with Crippen LogP contribution in [0.3, 0.4) is 0 Å². The van der Waals surface area contributed by atoms with E-state index in [1.54, 1.807) is 24.3 Å². The smallest absolute Gasteiger partial charge is 0.322 e. The Bertz CT molecular complexity index is 769. The molecule has 0 fully saturated rings. The molecular formula is C12H15NO6S2. The molecule has 0 aromatic heterocycles. The topological polar surface area (TPSA) is 109 Å². The number of hydrogen-bond donors (Lipinski definition) is 1. The van der Waals surface area contributed by atoms with Gasteiger partial charge in [0.1, 0.15) is 6.04 Å². The van der Waals surface area contributed by atoms with Gasteiger partial charge in [-0.1, -0.05) is 24.3 Å². The van der Waals surface area contributed by atoms with Crippen molar-refractivity contribution in [2.24, 2.45) is 0 Å². The Labute approximate surface area is 123 Å². The van der Waals surface area contributed by atoms with Crippen LogP contribution in [0.25, 0.3) is 0 Å². The van der Waals surface area contributed by atoms with Gasteiger partial charge in [0.15, 0.2) is 14.9 Å². The first kappa shape index (κ1) is 15.9. The third-order valence-corrected chi connectivity index (χ3v) is 7.21. The second kappa shape index (κ2) is 5.39. The Balaban J connectivity index is 2.44.